The summed E-state index contributed by atoms with van der Waals surface area (Å²) in [6, 6.07) is 0. The first-order valence-electron chi connectivity index (χ1n) is 13.4. The normalized spacial score (nSPS) is 15.8. The van der Waals surface area contributed by atoms with Crippen molar-refractivity contribution in [3.8, 4) is 0 Å². The molecule has 0 N–H and O–H groups in total. The summed E-state index contributed by atoms with van der Waals surface area (Å²) in [5.41, 5.74) is 1.22. The quantitative estimate of drug-likeness (QED) is 0.208. The molecule has 176 valence electrons. The van der Waals surface area contributed by atoms with Crippen LogP contribution < -0.4 is 9.80 Å². The zero-order valence-electron chi connectivity index (χ0n) is 20.0. The first-order chi connectivity index (χ1) is 15.3. The Balaban J connectivity index is 1.27. The fourth-order valence-electron chi connectivity index (χ4n) is 4.52. The number of hydrogen-bond acceptors (Lipinski definition) is 4. The molecule has 0 radical (unpaired) electrons. The van der Waals surface area contributed by atoms with Gasteiger partial charge in [-0.25, -0.2) is 4.98 Å². The number of unbranched alkanes of at least 4 members (excludes halogenated alkanes) is 13. The van der Waals surface area contributed by atoms with Gasteiger partial charge in [0.1, 0.15) is 5.82 Å². The van der Waals surface area contributed by atoms with E-state index < -0.39 is 0 Å². The summed E-state index contributed by atoms with van der Waals surface area (Å²) >= 11 is 3.84. The van der Waals surface area contributed by atoms with Crippen molar-refractivity contribution in [2.45, 2.75) is 116 Å². The second-order valence-corrected chi connectivity index (χ2v) is 10.4. The van der Waals surface area contributed by atoms with Crippen LogP contribution in [0.4, 0.5) is 11.8 Å². The fourth-order valence-corrected chi connectivity index (χ4v) is 5.14. The predicted molar refractivity (Wildman–Crippen MR) is 137 cm³/mol. The van der Waals surface area contributed by atoms with E-state index in [-0.39, 0.29) is 0 Å². The Labute approximate surface area is 199 Å². The van der Waals surface area contributed by atoms with E-state index >= 15 is 0 Å². The summed E-state index contributed by atoms with van der Waals surface area (Å²) in [4.78, 5) is 14.5. The van der Waals surface area contributed by atoms with E-state index in [1.165, 1.54) is 108 Å². The van der Waals surface area contributed by atoms with Crippen molar-refractivity contribution in [3.63, 3.8) is 0 Å². The van der Waals surface area contributed by atoms with Gasteiger partial charge < -0.3 is 9.80 Å². The molecule has 0 saturated carbocycles. The average Bonchev–Trinajstić information content (AvgIpc) is 2.68. The van der Waals surface area contributed by atoms with Crippen molar-refractivity contribution in [1.29, 1.82) is 0 Å². The molecular weight excluding hydrogens is 448 g/mol. The maximum atomic E-state index is 4.94. The molecular formula is C26H45BrN4. The standard InChI is InChI=1S/C26H45BrN4/c1-2-3-4-5-6-7-8-9-10-11-12-13-14-15-18-23-24(27)25(30-19-16-20-30)29-26(28-23)31-21-17-22-31/h2-22H2,1H3. The van der Waals surface area contributed by atoms with Gasteiger partial charge in [-0.3, -0.25) is 0 Å². The number of nitrogens with zero attached hydrogens (tertiary/aromatic N) is 4. The van der Waals surface area contributed by atoms with Gasteiger partial charge in [0.25, 0.3) is 0 Å². The summed E-state index contributed by atoms with van der Waals surface area (Å²) in [6.07, 6.45) is 23.3. The molecule has 0 spiro atoms. The number of rotatable bonds is 17. The minimum Gasteiger partial charge on any atom is -0.355 e. The lowest BCUT2D eigenvalue weighted by atomic mass is 10.0. The van der Waals surface area contributed by atoms with Crippen molar-refractivity contribution in [2.75, 3.05) is 36.0 Å². The molecule has 4 nitrogen and oxygen atoms in total. The maximum absolute atomic E-state index is 4.94. The van der Waals surface area contributed by atoms with Crippen molar-refractivity contribution >= 4 is 27.7 Å². The number of hydrogen-bond donors (Lipinski definition) is 0. The monoisotopic (exact) mass is 492 g/mol. The van der Waals surface area contributed by atoms with Gasteiger partial charge in [0.2, 0.25) is 5.95 Å². The molecule has 3 rings (SSSR count). The number of aryl methyl sites for hydroxylation is 1. The molecule has 0 bridgehead atoms. The SMILES string of the molecule is CCCCCCCCCCCCCCCCc1nc(N2CCC2)nc(N2CCC2)c1Br. The molecule has 3 heterocycles. The van der Waals surface area contributed by atoms with Crippen LogP contribution in [0, 0.1) is 0 Å². The smallest absolute Gasteiger partial charge is 0.227 e. The van der Waals surface area contributed by atoms with E-state index in [0.717, 1.165) is 48.8 Å². The van der Waals surface area contributed by atoms with Crippen LogP contribution in [0.3, 0.4) is 0 Å². The van der Waals surface area contributed by atoms with Gasteiger partial charge in [-0.15, -0.1) is 0 Å². The Morgan fingerprint density at radius 1 is 0.645 bits per heavy atom. The Hall–Kier alpha value is -0.840. The number of anilines is 2. The van der Waals surface area contributed by atoms with Crippen LogP contribution in [0.25, 0.3) is 0 Å². The third-order valence-corrected chi connectivity index (χ3v) is 7.76. The molecule has 1 aromatic rings. The lowest BCUT2D eigenvalue weighted by Gasteiger charge is -2.36. The van der Waals surface area contributed by atoms with E-state index in [1.54, 1.807) is 0 Å². The third kappa shape index (κ3) is 8.22. The Kier molecular flexibility index (Phi) is 11.5. The molecule has 2 aliphatic rings. The fraction of sp³-hybridized carbons (Fsp3) is 0.846. The molecule has 0 aromatic carbocycles. The first kappa shape index (κ1) is 24.8. The van der Waals surface area contributed by atoms with Crippen LogP contribution in [0.2, 0.25) is 0 Å². The summed E-state index contributed by atoms with van der Waals surface area (Å²) in [5, 5.41) is 0. The third-order valence-electron chi connectivity index (χ3n) is 6.95. The van der Waals surface area contributed by atoms with E-state index in [4.69, 9.17) is 9.97 Å². The van der Waals surface area contributed by atoms with E-state index in [1.807, 2.05) is 0 Å². The van der Waals surface area contributed by atoms with Gasteiger partial charge in [0.05, 0.1) is 10.2 Å². The zero-order valence-corrected chi connectivity index (χ0v) is 21.6. The summed E-state index contributed by atoms with van der Waals surface area (Å²) < 4.78 is 1.14. The van der Waals surface area contributed by atoms with Crippen molar-refractivity contribution in [2.24, 2.45) is 0 Å². The maximum Gasteiger partial charge on any atom is 0.227 e. The highest BCUT2D eigenvalue weighted by atomic mass is 79.9. The Morgan fingerprint density at radius 2 is 1.13 bits per heavy atom. The zero-order chi connectivity index (χ0) is 21.7. The van der Waals surface area contributed by atoms with Gasteiger partial charge in [0.15, 0.2) is 0 Å². The average molecular weight is 494 g/mol. The van der Waals surface area contributed by atoms with Gasteiger partial charge >= 0.3 is 0 Å². The molecule has 0 atom stereocenters. The van der Waals surface area contributed by atoms with E-state index in [2.05, 4.69) is 32.7 Å². The second kappa shape index (κ2) is 14.3. The van der Waals surface area contributed by atoms with E-state index in [9.17, 15) is 0 Å². The topological polar surface area (TPSA) is 32.3 Å². The van der Waals surface area contributed by atoms with Crippen LogP contribution in [-0.4, -0.2) is 36.1 Å². The van der Waals surface area contributed by atoms with Gasteiger partial charge in [-0.2, -0.15) is 4.98 Å². The molecule has 1 aromatic heterocycles. The molecule has 0 aliphatic carbocycles. The highest BCUT2D eigenvalue weighted by Crippen LogP contribution is 2.33. The molecule has 5 heteroatoms. The molecule has 2 fully saturated rings. The van der Waals surface area contributed by atoms with Crippen LogP contribution >= 0.6 is 15.9 Å². The van der Waals surface area contributed by atoms with Crippen LogP contribution in [0.15, 0.2) is 4.47 Å². The van der Waals surface area contributed by atoms with Gasteiger partial charge in [-0.1, -0.05) is 90.4 Å². The molecule has 0 unspecified atom stereocenters. The number of halogens is 1. The lowest BCUT2D eigenvalue weighted by Crippen LogP contribution is -2.41. The molecule has 2 saturated heterocycles. The summed E-state index contributed by atoms with van der Waals surface area (Å²) in [5.74, 6) is 2.08. The highest BCUT2D eigenvalue weighted by molar-refractivity contribution is 9.10. The number of aromatic nitrogens is 2. The van der Waals surface area contributed by atoms with Crippen molar-refractivity contribution < 1.29 is 0 Å². The molecule has 0 amide bonds. The van der Waals surface area contributed by atoms with Crippen LogP contribution in [0.5, 0.6) is 0 Å². The summed E-state index contributed by atoms with van der Waals surface area (Å²) in [6.45, 7) is 6.78. The predicted octanol–water partition coefficient (Wildman–Crippen LogP) is 7.68. The second-order valence-electron chi connectivity index (χ2n) is 9.64. The molecule has 2 aliphatic heterocycles. The van der Waals surface area contributed by atoms with E-state index in [0.29, 0.717) is 0 Å². The first-order valence-corrected chi connectivity index (χ1v) is 14.1. The highest BCUT2D eigenvalue weighted by Gasteiger charge is 2.25. The largest absolute Gasteiger partial charge is 0.355 e. The molecule has 31 heavy (non-hydrogen) atoms. The van der Waals surface area contributed by atoms with Gasteiger partial charge in [0, 0.05) is 26.2 Å². The van der Waals surface area contributed by atoms with Crippen LogP contribution in [0.1, 0.15) is 115 Å². The van der Waals surface area contributed by atoms with Crippen molar-refractivity contribution in [3.05, 3.63) is 10.2 Å². The van der Waals surface area contributed by atoms with Crippen molar-refractivity contribution in [1.82, 2.24) is 9.97 Å². The van der Waals surface area contributed by atoms with Crippen LogP contribution in [-0.2, 0) is 6.42 Å². The summed E-state index contributed by atoms with van der Waals surface area (Å²) in [7, 11) is 0. The minimum atomic E-state index is 0.955. The van der Waals surface area contributed by atoms with Gasteiger partial charge in [-0.05, 0) is 41.6 Å². The minimum absolute atomic E-state index is 0.955. The Bertz CT molecular complexity index is 628. The lowest BCUT2D eigenvalue weighted by molar-refractivity contribution is 0.534. The Morgan fingerprint density at radius 3 is 1.58 bits per heavy atom.